The van der Waals surface area contributed by atoms with Crippen molar-refractivity contribution in [2.75, 3.05) is 18.0 Å². The minimum atomic E-state index is -0.560. The number of para-hydroxylation sites is 1. The van der Waals surface area contributed by atoms with E-state index in [9.17, 15) is 9.90 Å². The third-order valence-electron chi connectivity index (χ3n) is 8.48. The molecule has 1 aliphatic heterocycles. The van der Waals surface area contributed by atoms with Crippen LogP contribution in [-0.2, 0) is 4.79 Å². The number of anilines is 1. The van der Waals surface area contributed by atoms with Crippen LogP contribution in [0.2, 0.25) is 0 Å². The number of carbonyl (C=O) groups excluding carboxylic acids is 1. The number of nitrogens with zero attached hydrogens (tertiary/aromatic N) is 2. The predicted octanol–water partition coefficient (Wildman–Crippen LogP) is 6.48. The largest absolute Gasteiger partial charge is 0.392 e. The van der Waals surface area contributed by atoms with Crippen LogP contribution < -0.4 is 10.2 Å². The van der Waals surface area contributed by atoms with E-state index >= 15 is 0 Å². The number of aliphatic hydroxyl groups excluding tert-OH is 1. The predicted molar refractivity (Wildman–Crippen MR) is 150 cm³/mol. The maximum atomic E-state index is 13.7. The van der Waals surface area contributed by atoms with Crippen molar-refractivity contribution in [3.05, 3.63) is 29.8 Å². The Morgan fingerprint density at radius 3 is 2.47 bits per heavy atom. The van der Waals surface area contributed by atoms with E-state index in [0.29, 0.717) is 24.8 Å². The average Bonchev–Trinajstić information content (AvgIpc) is 3.74. The lowest BCUT2D eigenvalue weighted by Gasteiger charge is -2.29. The molecular weight excluding hydrogens is 446 g/mol. The fraction of sp³-hybridized carbons (Fsp3) is 0.742. The summed E-state index contributed by atoms with van der Waals surface area (Å²) in [7, 11) is 0. The Hall–Kier alpha value is -1.88. The van der Waals surface area contributed by atoms with Crippen molar-refractivity contribution < 1.29 is 9.90 Å². The van der Waals surface area contributed by atoms with E-state index in [1.807, 2.05) is 0 Å². The van der Waals surface area contributed by atoms with Crippen molar-refractivity contribution in [2.24, 2.45) is 22.7 Å². The number of aliphatic hydroxyl groups is 1. The summed E-state index contributed by atoms with van der Waals surface area (Å²) < 4.78 is 0. The Labute approximate surface area is 219 Å². The van der Waals surface area contributed by atoms with E-state index in [2.05, 4.69) is 48.3 Å². The minimum absolute atomic E-state index is 0.000803. The first kappa shape index (κ1) is 27.2. The van der Waals surface area contributed by atoms with E-state index < -0.39 is 6.10 Å². The number of benzodiazepines with no additional fused rings is 1. The first-order chi connectivity index (χ1) is 17.6. The number of unbranched alkanes of at least 4 members (excludes halogenated alkanes) is 2. The molecule has 5 heteroatoms. The minimum Gasteiger partial charge on any atom is -0.392 e. The number of fused-ring (bicyclic) bond motifs is 1. The number of benzene rings is 1. The van der Waals surface area contributed by atoms with Gasteiger partial charge in [-0.15, -0.1) is 0 Å². The number of aliphatic imine (C=N–C) groups is 1. The molecule has 2 aliphatic carbocycles. The summed E-state index contributed by atoms with van der Waals surface area (Å²) in [4.78, 5) is 21.4. The highest BCUT2D eigenvalue weighted by Crippen LogP contribution is 2.37. The van der Waals surface area contributed by atoms with Gasteiger partial charge < -0.3 is 15.3 Å². The fourth-order valence-electron chi connectivity index (χ4n) is 6.11. The second-order valence-electron chi connectivity index (χ2n) is 11.5. The zero-order valence-corrected chi connectivity index (χ0v) is 22.8. The summed E-state index contributed by atoms with van der Waals surface area (Å²) in [6.07, 6.45) is 14.8. The van der Waals surface area contributed by atoms with Crippen LogP contribution in [0.3, 0.4) is 0 Å². The molecule has 2 N–H and O–H groups in total. The highest BCUT2D eigenvalue weighted by Gasteiger charge is 2.35. The number of carbonyl (C=O) groups is 1. The van der Waals surface area contributed by atoms with Gasteiger partial charge in [0, 0.05) is 29.4 Å². The van der Waals surface area contributed by atoms with Gasteiger partial charge in [-0.25, -0.2) is 0 Å². The molecule has 0 bridgehead atoms. The molecule has 1 aromatic carbocycles. The molecule has 1 heterocycles. The van der Waals surface area contributed by atoms with Crippen LogP contribution in [0, 0.1) is 17.8 Å². The summed E-state index contributed by atoms with van der Waals surface area (Å²) in [6.45, 7) is 6.04. The van der Waals surface area contributed by atoms with Crippen molar-refractivity contribution in [2.45, 2.75) is 116 Å². The van der Waals surface area contributed by atoms with Gasteiger partial charge in [0.25, 0.3) is 0 Å². The average molecular weight is 496 g/mol. The lowest BCUT2D eigenvalue weighted by atomic mass is 9.89. The summed E-state index contributed by atoms with van der Waals surface area (Å²) in [5, 5.41) is 14.3. The van der Waals surface area contributed by atoms with Gasteiger partial charge in [0.1, 0.15) is 6.17 Å². The molecule has 5 nitrogen and oxygen atoms in total. The number of hydrogen-bond donors (Lipinski definition) is 2. The van der Waals surface area contributed by atoms with Crippen LogP contribution in [-0.4, -0.2) is 42.1 Å². The standard InChI is InChI=1S/C31H49N3O2/c1-3-5-17-28(35)26(21-23-18-19-23)31(36)33-29-22-34(20-6-4-2)27-16-12-11-15-25(27)30(32-29)24-13-9-7-8-10-14-24/h11-12,15-16,23-24,26,28-29,35H,3-10,13-14,17-22H2,1-2H3,(H,33,36). The Morgan fingerprint density at radius 2 is 1.78 bits per heavy atom. The molecule has 0 aromatic heterocycles. The molecule has 1 aromatic rings. The maximum absolute atomic E-state index is 13.7. The number of amides is 1. The molecule has 0 saturated heterocycles. The molecule has 3 aliphatic rings. The lowest BCUT2D eigenvalue weighted by Crippen LogP contribution is -2.47. The summed E-state index contributed by atoms with van der Waals surface area (Å²) in [5.41, 5.74) is 3.72. The first-order valence-electron chi connectivity index (χ1n) is 15.0. The maximum Gasteiger partial charge on any atom is 0.227 e. The Bertz CT molecular complexity index is 857. The van der Waals surface area contributed by atoms with E-state index in [-0.39, 0.29) is 18.0 Å². The molecule has 0 spiro atoms. The Kier molecular flexibility index (Phi) is 10.3. The molecule has 1 amide bonds. The zero-order valence-electron chi connectivity index (χ0n) is 22.8. The van der Waals surface area contributed by atoms with E-state index in [0.717, 1.165) is 38.6 Å². The smallest absolute Gasteiger partial charge is 0.227 e. The first-order valence-corrected chi connectivity index (χ1v) is 15.0. The van der Waals surface area contributed by atoms with E-state index in [1.54, 1.807) is 0 Å². The van der Waals surface area contributed by atoms with Crippen LogP contribution in [0.4, 0.5) is 5.69 Å². The molecule has 2 fully saturated rings. The van der Waals surface area contributed by atoms with Gasteiger partial charge >= 0.3 is 0 Å². The SMILES string of the molecule is CCCCC(O)C(CC1CC1)C(=O)NC1CN(CCCC)c2ccccc2C(C2CCCCCC2)=N1. The monoisotopic (exact) mass is 495 g/mol. The second kappa shape index (κ2) is 13.6. The normalized spacial score (nSPS) is 22.7. The van der Waals surface area contributed by atoms with E-state index in [1.165, 1.54) is 68.3 Å². The van der Waals surface area contributed by atoms with Gasteiger partial charge in [0.05, 0.1) is 18.6 Å². The van der Waals surface area contributed by atoms with E-state index in [4.69, 9.17) is 4.99 Å². The highest BCUT2D eigenvalue weighted by atomic mass is 16.3. The molecule has 200 valence electrons. The summed E-state index contributed by atoms with van der Waals surface area (Å²) in [5.74, 6) is 0.731. The van der Waals surface area contributed by atoms with Gasteiger partial charge in [-0.3, -0.25) is 9.79 Å². The van der Waals surface area contributed by atoms with Crippen LogP contribution >= 0.6 is 0 Å². The molecule has 36 heavy (non-hydrogen) atoms. The topological polar surface area (TPSA) is 64.9 Å². The van der Waals surface area contributed by atoms with Crippen molar-refractivity contribution in [1.29, 1.82) is 0 Å². The van der Waals surface area contributed by atoms with Crippen molar-refractivity contribution in [3.8, 4) is 0 Å². The van der Waals surface area contributed by atoms with Crippen LogP contribution in [0.5, 0.6) is 0 Å². The van der Waals surface area contributed by atoms with Crippen molar-refractivity contribution >= 4 is 17.3 Å². The quantitative estimate of drug-likeness (QED) is 0.326. The Morgan fingerprint density at radius 1 is 1.06 bits per heavy atom. The molecule has 3 unspecified atom stereocenters. The molecule has 0 radical (unpaired) electrons. The highest BCUT2D eigenvalue weighted by molar-refractivity contribution is 6.07. The lowest BCUT2D eigenvalue weighted by molar-refractivity contribution is -0.129. The third-order valence-corrected chi connectivity index (χ3v) is 8.48. The van der Waals surface area contributed by atoms with Gasteiger partial charge in [-0.05, 0) is 44.1 Å². The van der Waals surface area contributed by atoms with Crippen molar-refractivity contribution in [3.63, 3.8) is 0 Å². The van der Waals surface area contributed by atoms with Gasteiger partial charge in [0.2, 0.25) is 5.91 Å². The van der Waals surface area contributed by atoms with Gasteiger partial charge in [-0.1, -0.05) is 89.8 Å². The van der Waals surface area contributed by atoms with Crippen LogP contribution in [0.25, 0.3) is 0 Å². The van der Waals surface area contributed by atoms with Crippen LogP contribution in [0.15, 0.2) is 29.3 Å². The number of hydrogen-bond acceptors (Lipinski definition) is 4. The molecule has 2 saturated carbocycles. The fourth-order valence-corrected chi connectivity index (χ4v) is 6.11. The second-order valence-corrected chi connectivity index (χ2v) is 11.5. The summed E-state index contributed by atoms with van der Waals surface area (Å²) in [6, 6.07) is 8.76. The van der Waals surface area contributed by atoms with Crippen LogP contribution in [0.1, 0.15) is 109 Å². The number of rotatable bonds is 12. The Balaban J connectivity index is 1.60. The third kappa shape index (κ3) is 7.34. The van der Waals surface area contributed by atoms with Crippen molar-refractivity contribution in [1.82, 2.24) is 5.32 Å². The molecule has 3 atom stereocenters. The zero-order chi connectivity index (χ0) is 25.3. The number of nitrogens with one attached hydrogen (secondary N) is 1. The summed E-state index contributed by atoms with van der Waals surface area (Å²) >= 11 is 0. The molecular formula is C31H49N3O2. The van der Waals surface area contributed by atoms with Gasteiger partial charge in [0.15, 0.2) is 0 Å². The molecule has 4 rings (SSSR count). The van der Waals surface area contributed by atoms with Gasteiger partial charge in [-0.2, -0.15) is 0 Å².